The molecule has 0 saturated carbocycles. The highest BCUT2D eigenvalue weighted by molar-refractivity contribution is 7.99. The van der Waals surface area contributed by atoms with Gasteiger partial charge in [0, 0.05) is 63.6 Å². The summed E-state index contributed by atoms with van der Waals surface area (Å²) in [5.41, 5.74) is 13.9. The van der Waals surface area contributed by atoms with Crippen LogP contribution in [-0.4, -0.2) is 107 Å². The molecule has 0 aliphatic carbocycles. The molecule has 0 amide bonds. The number of hydrogen-bond acceptors (Lipinski definition) is 8. The number of hydrogen-bond donors (Lipinski definition) is 2. The van der Waals surface area contributed by atoms with E-state index < -0.39 is 0 Å². The largest absolute Gasteiger partial charge is 0.412 e. The summed E-state index contributed by atoms with van der Waals surface area (Å²) in [6.45, 7) is 7.65. The SMILES string of the molecule is CN(C)CCN1CCN(CCSc2nc(N)c(Cc3ccc(F)cc3)c(N)n2)CC1.Cl.Cl.Cl.Cl.O.O.O. The molecule has 0 atom stereocenters. The molecular weight excluding hydrogens is 591 g/mol. The molecule has 2 aromatic rings. The molecule has 10 nitrogen and oxygen atoms in total. The third kappa shape index (κ3) is 15.3. The molecule has 10 N–H and O–H groups in total. The molecule has 2 heterocycles. The number of likely N-dealkylation sites (N-methyl/N-ethyl adjacent to an activating group) is 1. The lowest BCUT2D eigenvalue weighted by atomic mass is 10.1. The molecule has 0 radical (unpaired) electrons. The first-order valence-electron chi connectivity index (χ1n) is 10.3. The molecule has 1 aliphatic rings. The monoisotopic (exact) mass is 631 g/mol. The van der Waals surface area contributed by atoms with Gasteiger partial charge in [0.2, 0.25) is 0 Å². The van der Waals surface area contributed by atoms with E-state index in [1.807, 2.05) is 0 Å². The molecule has 16 heteroatoms. The van der Waals surface area contributed by atoms with Gasteiger partial charge >= 0.3 is 0 Å². The second kappa shape index (κ2) is 23.0. The molecule has 1 aliphatic heterocycles. The summed E-state index contributed by atoms with van der Waals surface area (Å²) in [6.07, 6.45) is 0.487. The Morgan fingerprint density at radius 1 is 0.838 bits per heavy atom. The average Bonchev–Trinajstić information content (AvgIpc) is 2.71. The molecule has 1 fully saturated rings. The maximum Gasteiger partial charge on any atom is 0.191 e. The predicted octanol–water partition coefficient (Wildman–Crippen LogP) is 0.855. The number of nitrogen functional groups attached to an aromatic ring is 2. The average molecular weight is 633 g/mol. The number of nitrogens with zero attached hydrogens (tertiary/aromatic N) is 5. The van der Waals surface area contributed by atoms with Gasteiger partial charge in [-0.1, -0.05) is 23.9 Å². The van der Waals surface area contributed by atoms with Crippen molar-refractivity contribution in [3.05, 3.63) is 41.2 Å². The fourth-order valence-corrected chi connectivity index (χ4v) is 4.25. The minimum atomic E-state index is -0.266. The van der Waals surface area contributed by atoms with E-state index in [-0.39, 0.29) is 71.9 Å². The highest BCUT2D eigenvalue weighted by atomic mass is 35.5. The van der Waals surface area contributed by atoms with Gasteiger partial charge in [-0.3, -0.25) is 9.80 Å². The lowest BCUT2D eigenvalue weighted by molar-refractivity contribution is 0.130. The first-order chi connectivity index (χ1) is 14.4. The molecule has 1 saturated heterocycles. The van der Waals surface area contributed by atoms with Gasteiger partial charge in [0.15, 0.2) is 5.16 Å². The normalized spacial score (nSPS) is 12.8. The van der Waals surface area contributed by atoms with Crippen LogP contribution in [0.2, 0.25) is 0 Å². The number of halogens is 5. The number of thioether (sulfide) groups is 1. The third-order valence-corrected chi connectivity index (χ3v) is 6.14. The van der Waals surface area contributed by atoms with Crippen LogP contribution in [0.1, 0.15) is 11.1 Å². The molecule has 220 valence electrons. The second-order valence-corrected chi connectivity index (χ2v) is 8.96. The Morgan fingerprint density at radius 2 is 1.30 bits per heavy atom. The van der Waals surface area contributed by atoms with Gasteiger partial charge in [-0.25, -0.2) is 14.4 Å². The van der Waals surface area contributed by atoms with E-state index in [1.165, 1.54) is 12.1 Å². The summed E-state index contributed by atoms with van der Waals surface area (Å²) in [4.78, 5) is 16.1. The number of rotatable bonds is 9. The number of benzene rings is 1. The predicted molar refractivity (Wildman–Crippen MR) is 162 cm³/mol. The van der Waals surface area contributed by atoms with Crippen LogP contribution < -0.4 is 11.5 Å². The number of anilines is 2. The van der Waals surface area contributed by atoms with Crippen molar-refractivity contribution in [1.82, 2.24) is 24.7 Å². The molecule has 1 aromatic heterocycles. The van der Waals surface area contributed by atoms with Crippen LogP contribution in [-0.2, 0) is 6.42 Å². The molecule has 0 unspecified atom stereocenters. The van der Waals surface area contributed by atoms with Gasteiger partial charge < -0.3 is 32.8 Å². The van der Waals surface area contributed by atoms with Gasteiger partial charge in [0.25, 0.3) is 0 Å². The van der Waals surface area contributed by atoms with Crippen LogP contribution in [0.5, 0.6) is 0 Å². The van der Waals surface area contributed by atoms with E-state index in [0.717, 1.165) is 57.1 Å². The van der Waals surface area contributed by atoms with Crippen LogP contribution >= 0.6 is 61.4 Å². The summed E-state index contributed by atoms with van der Waals surface area (Å²) in [5, 5.41) is 0.609. The lowest BCUT2D eigenvalue weighted by Gasteiger charge is -2.35. The Morgan fingerprint density at radius 3 is 1.76 bits per heavy atom. The number of piperazine rings is 1. The topological polar surface area (TPSA) is 182 Å². The minimum Gasteiger partial charge on any atom is -0.412 e. The van der Waals surface area contributed by atoms with Gasteiger partial charge in [-0.05, 0) is 31.8 Å². The van der Waals surface area contributed by atoms with Crippen molar-refractivity contribution >= 4 is 73.0 Å². The van der Waals surface area contributed by atoms with Crippen LogP contribution in [0.4, 0.5) is 16.0 Å². The number of aromatic nitrogens is 2. The van der Waals surface area contributed by atoms with Crippen molar-refractivity contribution in [2.24, 2.45) is 0 Å². The quantitative estimate of drug-likeness (QED) is 0.301. The fourth-order valence-electron chi connectivity index (χ4n) is 3.39. The van der Waals surface area contributed by atoms with Crippen molar-refractivity contribution in [3.63, 3.8) is 0 Å². The third-order valence-electron chi connectivity index (χ3n) is 5.31. The van der Waals surface area contributed by atoms with Crippen LogP contribution in [0, 0.1) is 5.82 Å². The maximum absolute atomic E-state index is 13.1. The summed E-state index contributed by atoms with van der Waals surface area (Å²) in [7, 11) is 4.23. The first-order valence-corrected chi connectivity index (χ1v) is 11.3. The van der Waals surface area contributed by atoms with Crippen LogP contribution in [0.15, 0.2) is 29.4 Å². The lowest BCUT2D eigenvalue weighted by Crippen LogP contribution is -2.48. The molecule has 1 aromatic carbocycles. The Balaban J connectivity index is -0.000000488. The zero-order valence-corrected chi connectivity index (χ0v) is 25.1. The standard InChI is InChI=1S/C21H32FN7S.4ClH.3H2O/c1-27(2)7-8-28-9-11-29(12-10-28)13-14-30-21-25-19(23)18(20(24)26-21)15-16-3-5-17(22)6-4-16;;;;;;;/h3-6H,7-15H2,1-2H3,(H4,23,24,25,26);4*1H;3*1H2. The van der Waals surface area contributed by atoms with Crippen LogP contribution in [0.25, 0.3) is 0 Å². The molecular formula is C21H42Cl4FN7O3S. The number of nitrogens with two attached hydrogens (primary N) is 2. The molecule has 0 bridgehead atoms. The van der Waals surface area contributed by atoms with Gasteiger partial charge in [-0.15, -0.1) is 49.6 Å². The highest BCUT2D eigenvalue weighted by Gasteiger charge is 2.17. The van der Waals surface area contributed by atoms with E-state index in [0.29, 0.717) is 28.8 Å². The zero-order valence-electron chi connectivity index (χ0n) is 21.0. The zero-order chi connectivity index (χ0) is 21.5. The van der Waals surface area contributed by atoms with Gasteiger partial charge in [0.05, 0.1) is 0 Å². The summed E-state index contributed by atoms with van der Waals surface area (Å²) in [6, 6.07) is 6.29. The van der Waals surface area contributed by atoms with Crippen molar-refractivity contribution in [2.75, 3.05) is 77.1 Å². The van der Waals surface area contributed by atoms with Crippen molar-refractivity contribution in [3.8, 4) is 0 Å². The Kier molecular flexibility index (Phi) is 28.6. The molecule has 3 rings (SSSR count). The molecule has 37 heavy (non-hydrogen) atoms. The summed E-state index contributed by atoms with van der Waals surface area (Å²) >= 11 is 1.58. The summed E-state index contributed by atoms with van der Waals surface area (Å²) < 4.78 is 13.1. The minimum absolute atomic E-state index is 0. The Bertz CT molecular complexity index is 817. The maximum atomic E-state index is 13.1. The van der Waals surface area contributed by atoms with Gasteiger partial charge in [-0.2, -0.15) is 0 Å². The van der Waals surface area contributed by atoms with Crippen LogP contribution in [0.3, 0.4) is 0 Å². The van der Waals surface area contributed by atoms with Crippen molar-refractivity contribution < 1.29 is 20.8 Å². The van der Waals surface area contributed by atoms with E-state index >= 15 is 0 Å². The smallest absolute Gasteiger partial charge is 0.191 e. The Labute approximate surface area is 247 Å². The van der Waals surface area contributed by atoms with Crippen molar-refractivity contribution in [1.29, 1.82) is 0 Å². The molecule has 0 spiro atoms. The highest BCUT2D eigenvalue weighted by Crippen LogP contribution is 2.24. The summed E-state index contributed by atoms with van der Waals surface area (Å²) in [5.74, 6) is 1.42. The van der Waals surface area contributed by atoms with E-state index in [1.54, 1.807) is 23.9 Å². The fraction of sp³-hybridized carbons (Fsp3) is 0.524. The van der Waals surface area contributed by atoms with E-state index in [4.69, 9.17) is 11.5 Å². The second-order valence-electron chi connectivity index (χ2n) is 7.89. The Hall–Kier alpha value is -0.900. The van der Waals surface area contributed by atoms with Crippen molar-refractivity contribution in [2.45, 2.75) is 11.6 Å². The van der Waals surface area contributed by atoms with E-state index in [2.05, 4.69) is 38.8 Å². The van der Waals surface area contributed by atoms with E-state index in [9.17, 15) is 4.39 Å². The first kappa shape index (κ1) is 46.0. The van der Waals surface area contributed by atoms with Gasteiger partial charge in [0.1, 0.15) is 17.5 Å².